The minimum atomic E-state index is -0.864. The van der Waals surface area contributed by atoms with Crippen LogP contribution in [0.2, 0.25) is 0 Å². The molecule has 3 aromatic heterocycles. The molecule has 11 rings (SSSR count). The Hall–Kier alpha value is -7.63. The molecule has 0 N–H and O–H groups in total. The van der Waals surface area contributed by atoms with E-state index in [1.165, 1.54) is 9.13 Å². The van der Waals surface area contributed by atoms with Crippen LogP contribution in [-0.4, -0.2) is 24.1 Å². The molecule has 0 unspecified atom stereocenters. The first-order valence-electron chi connectivity index (χ1n) is 28.5. The van der Waals surface area contributed by atoms with Crippen molar-refractivity contribution in [3.05, 3.63) is 200 Å². The van der Waals surface area contributed by atoms with Crippen molar-refractivity contribution in [2.75, 3.05) is 0 Å². The quantitative estimate of drug-likeness (QED) is 0.171. The van der Waals surface area contributed by atoms with Crippen LogP contribution in [0.5, 0.6) is 0 Å². The number of rotatable bonds is 6. The number of nitrogens with zero attached hydrogens (tertiary/aromatic N) is 5. The topological polar surface area (TPSA) is 48.5 Å². The van der Waals surface area contributed by atoms with Crippen molar-refractivity contribution in [1.82, 2.24) is 24.1 Å². The molecule has 0 aliphatic rings. The van der Waals surface area contributed by atoms with Crippen molar-refractivity contribution >= 4 is 43.6 Å². The van der Waals surface area contributed by atoms with Gasteiger partial charge in [-0.05, 0) is 64.6 Å². The Morgan fingerprint density at radius 2 is 0.821 bits per heavy atom. The van der Waals surface area contributed by atoms with Gasteiger partial charge in [0.2, 0.25) is 5.95 Å². The van der Waals surface area contributed by atoms with E-state index in [4.69, 9.17) is 36.0 Å². The molecular weight excluding hydrogens is 683 g/mol. The third-order valence-corrected chi connectivity index (χ3v) is 9.20. The van der Waals surface area contributed by atoms with Crippen molar-refractivity contribution in [2.24, 2.45) is 0 Å². The normalized spacial score (nSPS) is 17.3. The molecule has 0 spiro atoms. The van der Waals surface area contributed by atoms with Gasteiger partial charge in [-0.25, -0.2) is 4.98 Å². The Labute approximate surface area is 355 Å². The third-order valence-electron chi connectivity index (χ3n) is 9.20. The van der Waals surface area contributed by atoms with Gasteiger partial charge >= 0.3 is 0 Å². The molecule has 5 nitrogen and oxygen atoms in total. The van der Waals surface area contributed by atoms with Crippen molar-refractivity contribution in [3.8, 4) is 56.7 Å². The van der Waals surface area contributed by atoms with Gasteiger partial charge in [0.15, 0.2) is 11.6 Å². The van der Waals surface area contributed by atoms with Crippen LogP contribution in [0.25, 0.3) is 100 Å². The largest absolute Gasteiger partial charge is 0.309 e. The van der Waals surface area contributed by atoms with E-state index in [1.54, 1.807) is 60.7 Å². The Kier molecular flexibility index (Phi) is 3.82. The molecule has 5 heteroatoms. The molecule has 11 aromatic rings. The molecule has 0 aliphatic heterocycles. The summed E-state index contributed by atoms with van der Waals surface area (Å²) in [4.78, 5) is 14.0. The Balaban J connectivity index is 1.27. The minimum Gasteiger partial charge on any atom is -0.309 e. The highest BCUT2D eigenvalue weighted by molar-refractivity contribution is 6.28. The van der Waals surface area contributed by atoms with Crippen molar-refractivity contribution in [3.63, 3.8) is 0 Å². The Morgan fingerprint density at radius 1 is 0.357 bits per heavy atom. The molecule has 0 fully saturated rings. The number of hydrogen-bond donors (Lipinski definition) is 0. The summed E-state index contributed by atoms with van der Waals surface area (Å²) >= 11 is 0. The molecule has 0 saturated heterocycles. The van der Waals surface area contributed by atoms with E-state index < -0.39 is 184 Å². The zero-order valence-corrected chi connectivity index (χ0v) is 28.5. The lowest BCUT2D eigenvalue weighted by molar-refractivity contribution is 0.953. The maximum absolute atomic E-state index is 9.64. The number of benzene rings is 8. The van der Waals surface area contributed by atoms with Crippen LogP contribution in [0.1, 0.15) is 31.5 Å². The van der Waals surface area contributed by atoms with Gasteiger partial charge in [-0.1, -0.05) is 157 Å². The van der Waals surface area contributed by atoms with Crippen LogP contribution in [-0.2, 0) is 0 Å². The highest BCUT2D eigenvalue weighted by Gasteiger charge is 2.22. The second kappa shape index (κ2) is 13.0. The number of para-hydroxylation sites is 2. The van der Waals surface area contributed by atoms with E-state index in [-0.39, 0.29) is 11.6 Å². The number of hydrogen-bond acceptors (Lipinski definition) is 3. The number of aromatic nitrogens is 5. The Bertz CT molecular complexity index is 4520. The molecule has 0 saturated carbocycles. The average molecular weight is 739 g/mol. The van der Waals surface area contributed by atoms with Crippen LogP contribution in [0.15, 0.2) is 200 Å². The third kappa shape index (κ3) is 5.21. The predicted octanol–water partition coefficient (Wildman–Crippen LogP) is 12.7. The molecule has 0 aliphatic carbocycles. The zero-order valence-electron chi connectivity index (χ0n) is 51.5. The van der Waals surface area contributed by atoms with E-state index in [0.717, 1.165) is 0 Å². The molecule has 0 bridgehead atoms. The molecule has 0 atom stereocenters. The lowest BCUT2D eigenvalue weighted by Crippen LogP contribution is -2.06. The fraction of sp³-hybridized carbons (Fsp3) is 0. The van der Waals surface area contributed by atoms with Crippen LogP contribution >= 0.6 is 0 Å². The molecule has 0 radical (unpaired) electrons. The second-order valence-electron chi connectivity index (χ2n) is 12.3. The number of fused-ring (bicyclic) bond motifs is 7. The highest BCUT2D eigenvalue weighted by atomic mass is 15.2. The summed E-state index contributed by atoms with van der Waals surface area (Å²) in [5.41, 5.74) is -2.26. The molecule has 8 aromatic carbocycles. The summed E-state index contributed by atoms with van der Waals surface area (Å²) in [6.45, 7) is 0. The van der Waals surface area contributed by atoms with Gasteiger partial charge in [-0.15, -0.1) is 0 Å². The lowest BCUT2D eigenvalue weighted by Gasteiger charge is -2.12. The minimum absolute atomic E-state index is 0.254. The van der Waals surface area contributed by atoms with Gasteiger partial charge in [-0.3, -0.25) is 4.57 Å². The van der Waals surface area contributed by atoms with Gasteiger partial charge in [0, 0.05) is 38.4 Å². The predicted molar refractivity (Wildman–Crippen MR) is 230 cm³/mol. The maximum atomic E-state index is 9.64. The van der Waals surface area contributed by atoms with E-state index in [9.17, 15) is 5.48 Å². The zero-order chi connectivity index (χ0) is 57.0. The van der Waals surface area contributed by atoms with E-state index >= 15 is 0 Å². The molecule has 56 heavy (non-hydrogen) atoms. The summed E-state index contributed by atoms with van der Waals surface area (Å²) in [5, 5.41) is 1.97. The average Bonchev–Trinajstić information content (AvgIpc) is 3.73. The van der Waals surface area contributed by atoms with Gasteiger partial charge in [-0.2, -0.15) is 9.97 Å². The van der Waals surface area contributed by atoms with Gasteiger partial charge < -0.3 is 4.57 Å². The van der Waals surface area contributed by atoms with Crippen LogP contribution in [0.3, 0.4) is 0 Å². The molecule has 3 heterocycles. The van der Waals surface area contributed by atoms with Gasteiger partial charge in [0.25, 0.3) is 0 Å². The highest BCUT2D eigenvalue weighted by Crippen LogP contribution is 2.42. The first kappa shape index (κ1) is 16.4. The van der Waals surface area contributed by atoms with Crippen molar-refractivity contribution < 1.29 is 31.5 Å². The molecule has 262 valence electrons. The summed E-state index contributed by atoms with van der Waals surface area (Å²) in [6, 6.07) is -0.378. The first-order chi connectivity index (χ1) is 37.3. The Morgan fingerprint density at radius 3 is 1.45 bits per heavy atom. The molecule has 0 amide bonds. The second-order valence-corrected chi connectivity index (χ2v) is 12.3. The van der Waals surface area contributed by atoms with E-state index in [1.807, 2.05) is 0 Å². The molecular formula is C51H33N5. The summed E-state index contributed by atoms with van der Waals surface area (Å²) in [6.07, 6.45) is 0. The van der Waals surface area contributed by atoms with Gasteiger partial charge in [0.1, 0.15) is 0 Å². The van der Waals surface area contributed by atoms with Crippen LogP contribution in [0.4, 0.5) is 0 Å². The lowest BCUT2D eigenvalue weighted by atomic mass is 10.0. The van der Waals surface area contributed by atoms with Gasteiger partial charge in [0.05, 0.1) is 53.6 Å². The summed E-state index contributed by atoms with van der Waals surface area (Å²) in [7, 11) is 0. The summed E-state index contributed by atoms with van der Waals surface area (Å²) < 4.78 is 205. The SMILES string of the molecule is [2H]c1c([2H])c([2H])c(-c2nc(-c3c([2H])c([2H])c([2H])c(-c4c([2H])c([2H])c([2H])c([2H])c4[2H])c3[2H])nc(-n3c4ccccc4c4c5c6ccccc6n(-c6c([2H])c([2H])c([2H])c(-c7c([2H])c([2H])c([2H])c([2H])c7[2H])c6[2H])c5ccc43)n2)c([2H])c1[2H]. The summed E-state index contributed by atoms with van der Waals surface area (Å²) in [5.74, 6) is -1.53. The van der Waals surface area contributed by atoms with Crippen molar-refractivity contribution in [1.29, 1.82) is 0 Å². The standard InChI is InChI=1S/C51H33N5/c1-4-16-34(17-5-1)37-22-14-24-39(32-37)50-52-49(36-20-8-3-9-21-36)53-51(54-50)56-44-29-13-11-27-42(44)48-46(56)31-30-45-47(48)41-26-10-12-28-43(41)55(45)40-25-15-23-38(33-40)35-18-6-2-7-19-35/h1-33H/i1D,2D,3D,4D,5D,6D,7D,8D,9D,14D,15D,16D,17D,18D,19D,20D,21D,22D,23D,24D,25D,32D,33D. The monoisotopic (exact) mass is 738 g/mol. The van der Waals surface area contributed by atoms with E-state index in [2.05, 4.69) is 4.98 Å². The van der Waals surface area contributed by atoms with Crippen LogP contribution in [0, 0.1) is 0 Å². The fourth-order valence-corrected chi connectivity index (χ4v) is 6.93. The fourth-order valence-electron chi connectivity index (χ4n) is 6.93. The first-order valence-corrected chi connectivity index (χ1v) is 17.0. The smallest absolute Gasteiger partial charge is 0.238 e. The van der Waals surface area contributed by atoms with Crippen LogP contribution < -0.4 is 0 Å². The van der Waals surface area contributed by atoms with E-state index in [0.29, 0.717) is 43.6 Å². The maximum Gasteiger partial charge on any atom is 0.238 e. The van der Waals surface area contributed by atoms with Crippen molar-refractivity contribution in [2.45, 2.75) is 0 Å².